The molecule has 22 heavy (non-hydrogen) atoms. The summed E-state index contributed by atoms with van der Waals surface area (Å²) < 4.78 is 0. The number of fused-ring (bicyclic) bond motifs is 2. The fourth-order valence-electron chi connectivity index (χ4n) is 3.67. The molecular weight excluding hydrogens is 290 g/mol. The van der Waals surface area contributed by atoms with Crippen molar-refractivity contribution < 1.29 is 0 Å². The number of pyridine rings is 1. The molecule has 3 heterocycles. The largest absolute Gasteiger partial charge is 0.368 e. The van der Waals surface area contributed by atoms with Crippen LogP contribution in [-0.4, -0.2) is 36.9 Å². The van der Waals surface area contributed by atoms with Crippen molar-refractivity contribution in [2.24, 2.45) is 5.92 Å². The lowest BCUT2D eigenvalue weighted by Crippen LogP contribution is -2.41. The van der Waals surface area contributed by atoms with Gasteiger partial charge in [-0.2, -0.15) is 0 Å². The Morgan fingerprint density at radius 2 is 2.14 bits per heavy atom. The molecule has 114 valence electrons. The van der Waals surface area contributed by atoms with Crippen molar-refractivity contribution in [3.8, 4) is 11.1 Å². The van der Waals surface area contributed by atoms with Crippen molar-refractivity contribution in [3.05, 3.63) is 42.7 Å². The maximum Gasteiger partial charge on any atom is 0.0559 e. The maximum atomic E-state index is 4.51. The topological polar surface area (TPSA) is 28.2 Å². The first-order valence-corrected chi connectivity index (χ1v) is 9.13. The van der Waals surface area contributed by atoms with Crippen LogP contribution >= 0.6 is 11.8 Å². The van der Waals surface area contributed by atoms with Crippen LogP contribution in [0, 0.1) is 5.92 Å². The van der Waals surface area contributed by atoms with E-state index in [1.807, 2.05) is 12.4 Å². The van der Waals surface area contributed by atoms with Crippen LogP contribution < -0.4 is 10.2 Å². The number of thioether (sulfide) groups is 1. The molecule has 0 saturated carbocycles. The Morgan fingerprint density at radius 1 is 1.23 bits per heavy atom. The Morgan fingerprint density at radius 3 is 3.00 bits per heavy atom. The second-order valence-corrected chi connectivity index (χ2v) is 7.09. The molecule has 2 fully saturated rings. The van der Waals surface area contributed by atoms with Gasteiger partial charge in [-0.25, -0.2) is 0 Å². The zero-order valence-corrected chi connectivity index (χ0v) is 13.6. The minimum absolute atomic E-state index is 0.654. The smallest absolute Gasteiger partial charge is 0.0559 e. The van der Waals surface area contributed by atoms with Gasteiger partial charge in [0, 0.05) is 42.3 Å². The summed E-state index contributed by atoms with van der Waals surface area (Å²) in [4.78, 5) is 8.32. The molecule has 2 aromatic rings. The Kier molecular flexibility index (Phi) is 3.80. The Hall–Kier alpha value is -1.52. The summed E-state index contributed by atoms with van der Waals surface area (Å²) in [5.41, 5.74) is 3.75. The van der Waals surface area contributed by atoms with Crippen LogP contribution in [0.5, 0.6) is 0 Å². The van der Waals surface area contributed by atoms with Gasteiger partial charge in [-0.15, -0.1) is 11.8 Å². The number of hydrogen-bond acceptors (Lipinski definition) is 4. The molecule has 1 N–H and O–H groups in total. The van der Waals surface area contributed by atoms with Crippen LogP contribution in [0.1, 0.15) is 6.42 Å². The first kappa shape index (κ1) is 14.1. The van der Waals surface area contributed by atoms with Crippen LogP contribution in [0.3, 0.4) is 0 Å². The SMILES string of the molecule is CSc1ccccc1-c1cncc(N2CC3CNC(C3)C2)c1. The first-order valence-electron chi connectivity index (χ1n) is 7.90. The number of rotatable bonds is 3. The van der Waals surface area contributed by atoms with Crippen molar-refractivity contribution in [2.75, 3.05) is 30.8 Å². The van der Waals surface area contributed by atoms with Gasteiger partial charge in [-0.3, -0.25) is 4.98 Å². The van der Waals surface area contributed by atoms with Crippen molar-refractivity contribution in [2.45, 2.75) is 17.4 Å². The highest BCUT2D eigenvalue weighted by atomic mass is 32.2. The second-order valence-electron chi connectivity index (χ2n) is 6.24. The van der Waals surface area contributed by atoms with E-state index >= 15 is 0 Å². The average molecular weight is 311 g/mol. The van der Waals surface area contributed by atoms with Crippen molar-refractivity contribution in [3.63, 3.8) is 0 Å². The van der Waals surface area contributed by atoms with Gasteiger partial charge in [0.2, 0.25) is 0 Å². The second kappa shape index (κ2) is 5.94. The lowest BCUT2D eigenvalue weighted by atomic mass is 9.99. The molecule has 1 aromatic carbocycles. The molecule has 2 atom stereocenters. The molecule has 2 unspecified atom stereocenters. The molecule has 3 nitrogen and oxygen atoms in total. The number of benzene rings is 1. The van der Waals surface area contributed by atoms with Gasteiger partial charge in [0.25, 0.3) is 0 Å². The fourth-order valence-corrected chi connectivity index (χ4v) is 4.30. The normalized spacial score (nSPS) is 23.8. The number of hydrogen-bond donors (Lipinski definition) is 1. The van der Waals surface area contributed by atoms with Gasteiger partial charge in [0.1, 0.15) is 0 Å². The maximum absolute atomic E-state index is 4.51. The van der Waals surface area contributed by atoms with Crippen LogP contribution in [-0.2, 0) is 0 Å². The summed E-state index contributed by atoms with van der Waals surface area (Å²) >= 11 is 1.79. The molecule has 4 rings (SSSR count). The van der Waals surface area contributed by atoms with Crippen molar-refractivity contribution >= 4 is 17.4 Å². The van der Waals surface area contributed by atoms with E-state index in [0.717, 1.165) is 19.0 Å². The third-order valence-electron chi connectivity index (χ3n) is 4.74. The third-order valence-corrected chi connectivity index (χ3v) is 5.54. The zero-order chi connectivity index (χ0) is 14.9. The van der Waals surface area contributed by atoms with Crippen LogP contribution in [0.4, 0.5) is 5.69 Å². The highest BCUT2D eigenvalue weighted by Gasteiger charge is 2.32. The molecule has 2 bridgehead atoms. The molecule has 2 saturated heterocycles. The Bertz CT molecular complexity index is 661. The van der Waals surface area contributed by atoms with Crippen molar-refractivity contribution in [1.82, 2.24) is 10.3 Å². The van der Waals surface area contributed by atoms with E-state index in [4.69, 9.17) is 0 Å². The molecule has 1 aromatic heterocycles. The van der Waals surface area contributed by atoms with Crippen LogP contribution in [0.2, 0.25) is 0 Å². The predicted molar refractivity (Wildman–Crippen MR) is 93.6 cm³/mol. The standard InChI is InChI=1S/C18H21N3S/c1-22-18-5-3-2-4-17(18)14-7-16(10-19-9-14)21-11-13-6-15(12-21)20-8-13/h2-5,7,9-10,13,15,20H,6,8,11-12H2,1H3. The highest BCUT2D eigenvalue weighted by Crippen LogP contribution is 2.33. The van der Waals surface area contributed by atoms with E-state index in [0.29, 0.717) is 6.04 Å². The van der Waals surface area contributed by atoms with E-state index in [9.17, 15) is 0 Å². The number of nitrogens with zero attached hydrogens (tertiary/aromatic N) is 2. The van der Waals surface area contributed by atoms with Gasteiger partial charge in [0.05, 0.1) is 11.9 Å². The monoisotopic (exact) mass is 311 g/mol. The minimum atomic E-state index is 0.654. The number of piperidine rings is 1. The van der Waals surface area contributed by atoms with Gasteiger partial charge in [0.15, 0.2) is 0 Å². The molecule has 0 aliphatic carbocycles. The quantitative estimate of drug-likeness (QED) is 0.881. The number of aromatic nitrogens is 1. The summed E-state index contributed by atoms with van der Waals surface area (Å²) in [6, 6.07) is 11.5. The van der Waals surface area contributed by atoms with E-state index in [1.54, 1.807) is 11.8 Å². The molecule has 0 radical (unpaired) electrons. The zero-order valence-electron chi connectivity index (χ0n) is 12.8. The predicted octanol–water partition coefficient (Wildman–Crippen LogP) is 3.27. The number of anilines is 1. The van der Waals surface area contributed by atoms with Crippen LogP contribution in [0.25, 0.3) is 11.1 Å². The summed E-state index contributed by atoms with van der Waals surface area (Å²) in [7, 11) is 0. The first-order chi connectivity index (χ1) is 10.8. The minimum Gasteiger partial charge on any atom is -0.368 e. The van der Waals surface area contributed by atoms with Crippen molar-refractivity contribution in [1.29, 1.82) is 0 Å². The van der Waals surface area contributed by atoms with E-state index < -0.39 is 0 Å². The molecule has 4 heteroatoms. The summed E-state index contributed by atoms with van der Waals surface area (Å²) in [6.07, 6.45) is 7.45. The fraction of sp³-hybridized carbons (Fsp3) is 0.389. The third kappa shape index (κ3) is 2.61. The van der Waals surface area contributed by atoms with Gasteiger partial charge >= 0.3 is 0 Å². The van der Waals surface area contributed by atoms with E-state index in [-0.39, 0.29) is 0 Å². The highest BCUT2D eigenvalue weighted by molar-refractivity contribution is 7.98. The van der Waals surface area contributed by atoms with Gasteiger partial charge < -0.3 is 10.2 Å². The Balaban J connectivity index is 1.66. The summed E-state index contributed by atoms with van der Waals surface area (Å²) in [5, 5.41) is 3.62. The lowest BCUT2D eigenvalue weighted by molar-refractivity contribution is 0.474. The molecular formula is C18H21N3S. The molecule has 0 spiro atoms. The van der Waals surface area contributed by atoms with E-state index in [1.165, 1.54) is 34.7 Å². The number of nitrogens with one attached hydrogen (secondary N) is 1. The Labute approximate surface area is 136 Å². The lowest BCUT2D eigenvalue weighted by Gasteiger charge is -2.33. The van der Waals surface area contributed by atoms with Gasteiger partial charge in [-0.05, 0) is 36.3 Å². The summed E-state index contributed by atoms with van der Waals surface area (Å²) in [5.74, 6) is 0.792. The van der Waals surface area contributed by atoms with Gasteiger partial charge in [-0.1, -0.05) is 18.2 Å². The average Bonchev–Trinajstić information content (AvgIpc) is 2.93. The molecule has 0 amide bonds. The van der Waals surface area contributed by atoms with E-state index in [2.05, 4.69) is 51.8 Å². The molecule has 2 aliphatic rings. The summed E-state index contributed by atoms with van der Waals surface area (Å²) in [6.45, 7) is 3.42. The molecule has 2 aliphatic heterocycles. The van der Waals surface area contributed by atoms with Crippen LogP contribution in [0.15, 0.2) is 47.6 Å².